The van der Waals surface area contributed by atoms with Crippen LogP contribution in [0.2, 0.25) is 0 Å². The second-order valence-corrected chi connectivity index (χ2v) is 15.6. The quantitative estimate of drug-likeness (QED) is 0.0353. The van der Waals surface area contributed by atoms with E-state index in [1.165, 1.54) is 14.8 Å². The Hall–Kier alpha value is -5.46. The fraction of sp³-hybridized carbons (Fsp3) is 0.222. The number of hydrogen-bond donors (Lipinski definition) is 6. The first kappa shape index (κ1) is 35.4. The molecule has 20 nitrogen and oxygen atoms in total. The summed E-state index contributed by atoms with van der Waals surface area (Å²) < 4.78 is 26.7. The zero-order chi connectivity index (χ0) is 36.8. The van der Waals surface area contributed by atoms with Crippen molar-refractivity contribution in [3.63, 3.8) is 0 Å². The Kier molecular flexibility index (Phi) is 9.49. The summed E-state index contributed by atoms with van der Waals surface area (Å²) in [6.07, 6.45) is 0. The number of aromatic nitrogens is 5. The fourth-order valence-electron chi connectivity index (χ4n) is 4.87. The lowest BCUT2D eigenvalue weighted by Gasteiger charge is -2.51. The van der Waals surface area contributed by atoms with E-state index in [0.29, 0.717) is 10.7 Å². The molecule has 2 aliphatic heterocycles. The van der Waals surface area contributed by atoms with Crippen molar-refractivity contribution in [2.24, 2.45) is 10.9 Å². The number of phenols is 2. The van der Waals surface area contributed by atoms with Gasteiger partial charge in [-0.25, -0.2) is 23.2 Å². The van der Waals surface area contributed by atoms with Gasteiger partial charge < -0.3 is 41.8 Å². The summed E-state index contributed by atoms with van der Waals surface area (Å²) in [6, 6.07) is 3.70. The maximum absolute atomic E-state index is 13.4. The van der Waals surface area contributed by atoms with Crippen molar-refractivity contribution in [2.75, 3.05) is 24.0 Å². The molecule has 0 spiro atoms. The largest absolute Gasteiger partial charge is 0.504 e. The molecule has 8 N–H and O–H groups in total. The number of carboxylic acids is 1. The minimum Gasteiger partial charge on any atom is -0.504 e. The van der Waals surface area contributed by atoms with Crippen molar-refractivity contribution in [2.45, 2.75) is 28.3 Å². The van der Waals surface area contributed by atoms with Crippen LogP contribution in [0.25, 0.3) is 5.78 Å². The van der Waals surface area contributed by atoms with Crippen LogP contribution >= 0.6 is 34.9 Å². The predicted octanol–water partition coefficient (Wildman–Crippen LogP) is -0.335. The molecule has 1 saturated heterocycles. The van der Waals surface area contributed by atoms with Gasteiger partial charge in [0.05, 0.1) is 10.9 Å². The van der Waals surface area contributed by atoms with E-state index in [0.717, 1.165) is 53.1 Å². The summed E-state index contributed by atoms with van der Waals surface area (Å²) in [4.78, 5) is 69.2. The highest BCUT2D eigenvalue weighted by atomic mass is 32.2. The van der Waals surface area contributed by atoms with Gasteiger partial charge in [-0.15, -0.1) is 28.2 Å². The third kappa shape index (κ3) is 7.10. The van der Waals surface area contributed by atoms with Gasteiger partial charge in [0.1, 0.15) is 21.8 Å². The van der Waals surface area contributed by atoms with Crippen LogP contribution in [0.4, 0.5) is 5.13 Å². The molecule has 2 aliphatic rings. The number of oxime groups is 1. The number of thioether (sulfide) groups is 2. The van der Waals surface area contributed by atoms with E-state index in [9.17, 15) is 42.9 Å². The molecule has 2 atom stereocenters. The number of fused-ring (bicyclic) bond motifs is 2. The number of carbonyl (C=O) groups excluding carboxylic acids is 3. The summed E-state index contributed by atoms with van der Waals surface area (Å²) in [7, 11) is -4.21. The third-order valence-corrected chi connectivity index (χ3v) is 11.6. The number of nitrogens with two attached hydrogens (primary N) is 2. The van der Waals surface area contributed by atoms with Gasteiger partial charge in [-0.2, -0.15) is 9.50 Å². The number of carbonyl (C=O) groups is 4. The fourth-order valence-corrected chi connectivity index (χ4v) is 8.63. The molecule has 6 rings (SSSR count). The number of nitrogens with zero attached hydrogens (tertiary/aromatic N) is 7. The standard InChI is InChI=1S/C27H24N10O10S4/c1-10-4-17(37-27(30-10)33-21(34-37)20(28)40)48-7-12-19(24(42)43)36-6-13(23(36)50-25(12)44)31-22(41)18(14-8-49-26(29)32-14)35-47-9-51(45,46)11-2-3-15(38)16(39)5-11/h2-5,8,13,23,38-39H,6-7,9H2,1H3,(H2,28,40)(H2,29,32)(H,31,41)(H,42,43)/b35-18+/t13-,23-/m1/s1. The molecule has 0 unspecified atom stereocenters. The topological polar surface area (TPSA) is 308 Å². The van der Waals surface area contributed by atoms with E-state index in [4.69, 9.17) is 16.3 Å². The van der Waals surface area contributed by atoms with E-state index in [1.54, 1.807) is 13.0 Å². The lowest BCUT2D eigenvalue weighted by molar-refractivity contribution is -0.136. The normalized spacial score (nSPS) is 17.6. The van der Waals surface area contributed by atoms with Gasteiger partial charge in [0.2, 0.25) is 26.7 Å². The van der Waals surface area contributed by atoms with Crippen LogP contribution in [0, 0.1) is 6.92 Å². The average Bonchev–Trinajstić information content (AvgIpc) is 3.69. The van der Waals surface area contributed by atoms with Crippen LogP contribution in [0.3, 0.4) is 0 Å². The van der Waals surface area contributed by atoms with E-state index in [1.807, 2.05) is 0 Å². The zero-order valence-corrected chi connectivity index (χ0v) is 29.0. The Morgan fingerprint density at radius 3 is 2.61 bits per heavy atom. The number of carboxylic acid groups (broad SMARTS) is 1. The molecule has 51 heavy (non-hydrogen) atoms. The van der Waals surface area contributed by atoms with Crippen molar-refractivity contribution < 1.29 is 47.8 Å². The summed E-state index contributed by atoms with van der Waals surface area (Å²) in [6.45, 7) is 1.67. The molecule has 2 amide bonds. The zero-order valence-electron chi connectivity index (χ0n) is 25.8. The number of thiazole rings is 1. The summed E-state index contributed by atoms with van der Waals surface area (Å²) >= 11 is 2.86. The molecule has 5 heterocycles. The second-order valence-electron chi connectivity index (χ2n) is 10.7. The lowest BCUT2D eigenvalue weighted by atomic mass is 10.0. The monoisotopic (exact) mass is 776 g/mol. The first-order valence-electron chi connectivity index (χ1n) is 14.2. The number of aromatic hydroxyl groups is 2. The molecular formula is C27H24N10O10S4. The van der Waals surface area contributed by atoms with Gasteiger partial charge in [0.15, 0.2) is 22.3 Å². The number of anilines is 1. The number of sulfone groups is 1. The SMILES string of the molecule is Cc1cc(SCC2=C(C(=O)O)N3C[C@@H](NC(=O)/C(=N/OCS(=O)(=O)c4ccc(O)c(O)c4)c4csc(N)n4)[C@H]3SC2=O)n2nc(C(N)=O)nc2n1. The first-order chi connectivity index (χ1) is 24.1. The first-order valence-corrected chi connectivity index (χ1v) is 18.6. The summed E-state index contributed by atoms with van der Waals surface area (Å²) in [5, 5.41) is 40.2. The van der Waals surface area contributed by atoms with Crippen LogP contribution in [-0.4, -0.2) is 111 Å². The van der Waals surface area contributed by atoms with Crippen LogP contribution in [0.5, 0.6) is 11.5 Å². The maximum Gasteiger partial charge on any atom is 0.352 e. The molecule has 0 aliphatic carbocycles. The smallest absolute Gasteiger partial charge is 0.352 e. The number of aryl methyl sites for hydroxylation is 1. The van der Waals surface area contributed by atoms with Crippen molar-refractivity contribution >= 4 is 84.2 Å². The van der Waals surface area contributed by atoms with Crippen molar-refractivity contribution in [3.8, 4) is 11.5 Å². The van der Waals surface area contributed by atoms with Crippen LogP contribution in [-0.2, 0) is 29.1 Å². The number of nitrogens with one attached hydrogen (secondary N) is 1. The van der Waals surface area contributed by atoms with Crippen molar-refractivity contribution in [1.82, 2.24) is 34.8 Å². The van der Waals surface area contributed by atoms with Gasteiger partial charge in [0.25, 0.3) is 17.6 Å². The van der Waals surface area contributed by atoms with Crippen molar-refractivity contribution in [3.05, 3.63) is 58.1 Å². The minimum absolute atomic E-state index is 0.00635. The highest BCUT2D eigenvalue weighted by Crippen LogP contribution is 2.42. The van der Waals surface area contributed by atoms with Gasteiger partial charge in [-0.3, -0.25) is 14.4 Å². The molecule has 3 aromatic heterocycles. The minimum atomic E-state index is -4.21. The molecule has 0 saturated carbocycles. The predicted molar refractivity (Wildman–Crippen MR) is 180 cm³/mol. The van der Waals surface area contributed by atoms with Gasteiger partial charge in [-0.05, 0) is 25.1 Å². The molecule has 4 aromatic rings. The molecule has 1 aromatic carbocycles. The number of amides is 2. The number of benzene rings is 1. The van der Waals surface area contributed by atoms with Crippen molar-refractivity contribution in [1.29, 1.82) is 0 Å². The van der Waals surface area contributed by atoms with E-state index < -0.39 is 67.3 Å². The number of aliphatic carboxylic acids is 1. The molecule has 0 radical (unpaired) electrons. The Morgan fingerprint density at radius 1 is 1.18 bits per heavy atom. The number of nitrogen functional groups attached to an aromatic ring is 1. The Balaban J connectivity index is 1.18. The van der Waals surface area contributed by atoms with Gasteiger partial charge in [0, 0.05) is 35.0 Å². The van der Waals surface area contributed by atoms with E-state index in [-0.39, 0.29) is 50.9 Å². The highest BCUT2D eigenvalue weighted by molar-refractivity contribution is 8.15. The number of primary amides is 1. The number of hydrogen-bond acceptors (Lipinski definition) is 19. The maximum atomic E-state index is 13.4. The Bertz CT molecular complexity index is 2310. The summed E-state index contributed by atoms with van der Waals surface area (Å²) in [5.41, 5.74) is 10.8. The highest BCUT2D eigenvalue weighted by Gasteiger charge is 2.50. The number of rotatable bonds is 12. The number of phenolic OH excluding ortho intramolecular Hbond substituents is 2. The molecular weight excluding hydrogens is 753 g/mol. The van der Waals surface area contributed by atoms with Crippen LogP contribution in [0.15, 0.2) is 56.0 Å². The van der Waals surface area contributed by atoms with Gasteiger partial charge >= 0.3 is 5.97 Å². The van der Waals surface area contributed by atoms with E-state index in [2.05, 4.69) is 30.5 Å². The molecule has 24 heteroatoms. The Labute approximate surface area is 298 Å². The summed E-state index contributed by atoms with van der Waals surface area (Å²) in [5.74, 6) is -5.62. The van der Waals surface area contributed by atoms with Gasteiger partial charge in [-0.1, -0.05) is 16.9 Å². The molecule has 1 fully saturated rings. The molecule has 266 valence electrons. The van der Waals surface area contributed by atoms with Crippen LogP contribution in [0.1, 0.15) is 22.0 Å². The Morgan fingerprint density at radius 2 is 1.94 bits per heavy atom. The second kappa shape index (κ2) is 13.7. The average molecular weight is 777 g/mol. The van der Waals surface area contributed by atoms with Crippen LogP contribution < -0.4 is 16.8 Å². The third-order valence-electron chi connectivity index (χ3n) is 7.25. The molecule has 0 bridgehead atoms. The van der Waals surface area contributed by atoms with E-state index >= 15 is 0 Å². The lowest BCUT2D eigenvalue weighted by Crippen LogP contribution is -2.67.